The van der Waals surface area contributed by atoms with Crippen molar-refractivity contribution in [2.24, 2.45) is 5.16 Å². The highest BCUT2D eigenvalue weighted by molar-refractivity contribution is 7.14. The number of esters is 2. The van der Waals surface area contributed by atoms with Crippen LogP contribution >= 0.6 is 22.9 Å². The number of carbonyl (C=O) groups excluding carboxylic acids is 6. The van der Waals surface area contributed by atoms with Gasteiger partial charge in [-0.15, -0.1) is 22.9 Å². The molecule has 4 aromatic rings. The SMILES string of the molecule is CC(C)(ON=C(C(=O)N[C@H]1CON(OC(=O)C2(C(c3ccccc3)c3ccccc3)CCC(=O)O2)C1=O)c1csc(NC(=O)CCl)n1)C(=O)OCc1ccc([N+](=O)[O-])cc1. The minimum Gasteiger partial charge on any atom is -0.458 e. The number of hydroxylamine groups is 2. The molecule has 2 N–H and O–H groups in total. The van der Waals surface area contributed by atoms with Crippen LogP contribution in [-0.4, -0.2) is 86.2 Å². The Bertz CT molecular complexity index is 2270. The summed E-state index contributed by atoms with van der Waals surface area (Å²) in [6.45, 7) is 1.80. The molecule has 60 heavy (non-hydrogen) atoms. The topological polar surface area (TPSA) is 244 Å². The first-order valence-corrected chi connectivity index (χ1v) is 19.4. The Hall–Kier alpha value is -6.77. The summed E-state index contributed by atoms with van der Waals surface area (Å²) in [7, 11) is 0. The van der Waals surface area contributed by atoms with Gasteiger partial charge in [0.1, 0.15) is 30.8 Å². The number of nitro benzene ring substituents is 1. The Kier molecular flexibility index (Phi) is 13.2. The number of ether oxygens (including phenoxy) is 2. The number of hydrogen-bond donors (Lipinski definition) is 2. The second-order valence-electron chi connectivity index (χ2n) is 13.7. The minimum atomic E-state index is -1.90. The molecule has 1 aromatic heterocycles. The molecule has 0 spiro atoms. The zero-order chi connectivity index (χ0) is 43.0. The lowest BCUT2D eigenvalue weighted by Gasteiger charge is -2.34. The molecule has 1 unspecified atom stereocenters. The molecule has 19 nitrogen and oxygen atoms in total. The Balaban J connectivity index is 1.18. The number of amides is 3. The first kappa shape index (κ1) is 42.8. The smallest absolute Gasteiger partial charge is 0.379 e. The molecule has 3 amide bonds. The predicted octanol–water partition coefficient (Wildman–Crippen LogP) is 4.10. The van der Waals surface area contributed by atoms with Crippen molar-refractivity contribution in [3.63, 3.8) is 0 Å². The van der Waals surface area contributed by atoms with Gasteiger partial charge in [-0.25, -0.2) is 19.4 Å². The lowest BCUT2D eigenvalue weighted by molar-refractivity contribution is -0.384. The third kappa shape index (κ3) is 9.73. The van der Waals surface area contributed by atoms with E-state index in [2.05, 4.69) is 20.8 Å². The van der Waals surface area contributed by atoms with E-state index in [0.717, 1.165) is 11.3 Å². The number of hydrogen-bond acceptors (Lipinski definition) is 16. The number of benzene rings is 3. The zero-order valence-corrected chi connectivity index (χ0v) is 33.3. The van der Waals surface area contributed by atoms with Gasteiger partial charge in [-0.2, -0.15) is 0 Å². The molecule has 0 saturated carbocycles. The number of aromatic nitrogens is 1. The number of cyclic esters (lactones) is 1. The number of nitro groups is 1. The van der Waals surface area contributed by atoms with E-state index in [4.69, 9.17) is 35.6 Å². The van der Waals surface area contributed by atoms with E-state index in [-0.39, 0.29) is 41.8 Å². The highest BCUT2D eigenvalue weighted by atomic mass is 35.5. The maximum atomic E-state index is 14.1. The molecular weight excluding hydrogens is 828 g/mol. The molecule has 2 atom stereocenters. The van der Waals surface area contributed by atoms with Crippen LogP contribution in [0.25, 0.3) is 0 Å². The van der Waals surface area contributed by atoms with E-state index in [1.807, 2.05) is 0 Å². The number of thiazole rings is 1. The van der Waals surface area contributed by atoms with E-state index in [9.17, 15) is 38.9 Å². The van der Waals surface area contributed by atoms with Crippen LogP contribution in [0.1, 0.15) is 55.0 Å². The number of nitrogens with zero attached hydrogens (tertiary/aromatic N) is 4. The molecule has 2 saturated heterocycles. The molecule has 2 aliphatic heterocycles. The standard InChI is InChI=1S/C39H35ClN6O13S/c1-38(2,35(51)55-20-23-13-15-26(16-14-23)45(53)54)59-44-32(28-22-60-37(42-28)43-29(47)19-40)33(49)41-27-21-56-46(34(27)50)58-36(52)39(18-17-30(48)57-39)31(24-9-5-3-6-10-24)25-11-7-4-8-12-25/h3-16,22,27,31H,17-21H2,1-2H3,(H,41,49)(H,42,43,47)/t27-,39?/m0/s1. The van der Waals surface area contributed by atoms with Crippen molar-refractivity contribution >= 4 is 75.1 Å². The lowest BCUT2D eigenvalue weighted by atomic mass is 9.76. The third-order valence-corrected chi connectivity index (χ3v) is 10.1. The Morgan fingerprint density at radius 2 is 1.70 bits per heavy atom. The number of alkyl halides is 1. The Labute approximate surface area is 349 Å². The van der Waals surface area contributed by atoms with Crippen LogP contribution in [0.3, 0.4) is 0 Å². The monoisotopic (exact) mass is 862 g/mol. The van der Waals surface area contributed by atoms with E-state index < -0.39 is 76.0 Å². The van der Waals surface area contributed by atoms with Crippen molar-refractivity contribution in [2.45, 2.75) is 56.5 Å². The van der Waals surface area contributed by atoms with Crippen LogP contribution < -0.4 is 10.6 Å². The highest BCUT2D eigenvalue weighted by Gasteiger charge is 2.57. The van der Waals surface area contributed by atoms with E-state index >= 15 is 0 Å². The quantitative estimate of drug-likeness (QED) is 0.0530. The van der Waals surface area contributed by atoms with Crippen molar-refractivity contribution in [2.75, 3.05) is 17.8 Å². The van der Waals surface area contributed by atoms with Gasteiger partial charge >= 0.3 is 23.8 Å². The first-order chi connectivity index (χ1) is 28.7. The molecule has 2 fully saturated rings. The number of carbonyl (C=O) groups is 6. The van der Waals surface area contributed by atoms with Gasteiger partial charge in [0.15, 0.2) is 10.8 Å². The largest absolute Gasteiger partial charge is 0.458 e. The molecule has 21 heteroatoms. The second-order valence-corrected chi connectivity index (χ2v) is 14.8. The molecule has 2 aliphatic rings. The van der Waals surface area contributed by atoms with Gasteiger partial charge in [0.25, 0.3) is 11.6 Å². The molecule has 0 bridgehead atoms. The zero-order valence-electron chi connectivity index (χ0n) is 31.7. The molecule has 0 radical (unpaired) electrons. The van der Waals surface area contributed by atoms with E-state index in [1.165, 1.54) is 43.5 Å². The molecule has 3 aromatic carbocycles. The first-order valence-electron chi connectivity index (χ1n) is 18.0. The lowest BCUT2D eigenvalue weighted by Crippen LogP contribution is -2.50. The third-order valence-electron chi connectivity index (χ3n) is 9.09. The van der Waals surface area contributed by atoms with Crippen LogP contribution in [0.4, 0.5) is 10.8 Å². The molecule has 0 aliphatic carbocycles. The normalized spacial score (nSPS) is 17.8. The summed E-state index contributed by atoms with van der Waals surface area (Å²) in [4.78, 5) is 110. The molecule has 6 rings (SSSR count). The summed E-state index contributed by atoms with van der Waals surface area (Å²) in [5, 5.41) is 21.4. The molecule has 3 heterocycles. The van der Waals surface area contributed by atoms with Crippen LogP contribution in [-0.2, 0) is 59.4 Å². The van der Waals surface area contributed by atoms with Crippen molar-refractivity contribution in [3.8, 4) is 0 Å². The number of nitrogens with one attached hydrogen (secondary N) is 2. The van der Waals surface area contributed by atoms with E-state index in [1.54, 1.807) is 60.7 Å². The second kappa shape index (κ2) is 18.4. The van der Waals surface area contributed by atoms with Gasteiger partial charge in [0.05, 0.1) is 10.8 Å². The minimum absolute atomic E-state index is 0.0298. The van der Waals surface area contributed by atoms with E-state index in [0.29, 0.717) is 21.9 Å². The fraction of sp³-hybridized carbons (Fsp3) is 0.282. The Morgan fingerprint density at radius 1 is 1.05 bits per heavy atom. The predicted molar refractivity (Wildman–Crippen MR) is 210 cm³/mol. The van der Waals surface area contributed by atoms with Crippen LogP contribution in [0.5, 0.6) is 0 Å². The summed E-state index contributed by atoms with van der Waals surface area (Å²) >= 11 is 6.50. The maximum absolute atomic E-state index is 14.1. The number of halogens is 1. The summed E-state index contributed by atoms with van der Waals surface area (Å²) in [6, 6.07) is 21.6. The van der Waals surface area contributed by atoms with Crippen LogP contribution in [0.15, 0.2) is 95.5 Å². The van der Waals surface area contributed by atoms with Gasteiger partial charge in [0, 0.05) is 30.4 Å². The van der Waals surface area contributed by atoms with Crippen molar-refractivity contribution < 1.29 is 57.7 Å². The number of rotatable bonds is 16. The summed E-state index contributed by atoms with van der Waals surface area (Å²) in [5.41, 5.74) is -2.87. The average Bonchev–Trinajstić information content (AvgIpc) is 3.96. The molecular formula is C39H35ClN6O13S. The highest BCUT2D eigenvalue weighted by Crippen LogP contribution is 2.45. The Morgan fingerprint density at radius 3 is 2.28 bits per heavy atom. The fourth-order valence-corrected chi connectivity index (χ4v) is 6.85. The fourth-order valence-electron chi connectivity index (χ4n) is 6.07. The van der Waals surface area contributed by atoms with Crippen molar-refractivity contribution in [3.05, 3.63) is 123 Å². The van der Waals surface area contributed by atoms with Gasteiger partial charge in [-0.05, 0) is 47.9 Å². The van der Waals surface area contributed by atoms with Crippen molar-refractivity contribution in [1.82, 2.24) is 15.5 Å². The van der Waals surface area contributed by atoms with Crippen LogP contribution in [0, 0.1) is 10.1 Å². The van der Waals surface area contributed by atoms with Gasteiger partial charge in [0.2, 0.25) is 17.1 Å². The van der Waals surface area contributed by atoms with Crippen LogP contribution in [0.2, 0.25) is 0 Å². The maximum Gasteiger partial charge on any atom is 0.379 e. The summed E-state index contributed by atoms with van der Waals surface area (Å²) in [5.74, 6) is -6.57. The molecule has 312 valence electrons. The number of oxime groups is 1. The van der Waals surface area contributed by atoms with Crippen molar-refractivity contribution in [1.29, 1.82) is 0 Å². The van der Waals surface area contributed by atoms with Gasteiger partial charge in [-0.3, -0.25) is 29.3 Å². The average molecular weight is 863 g/mol. The number of non-ortho nitro benzene ring substituents is 1. The number of anilines is 1. The van der Waals surface area contributed by atoms with Gasteiger partial charge < -0.3 is 29.8 Å². The summed E-state index contributed by atoms with van der Waals surface area (Å²) in [6.07, 6.45) is -0.186. The van der Waals surface area contributed by atoms with Gasteiger partial charge in [-0.1, -0.05) is 65.8 Å². The summed E-state index contributed by atoms with van der Waals surface area (Å²) < 4.78 is 11.1.